The number of likely N-dealkylation sites (tertiary alicyclic amines) is 1. The molecule has 3 amide bonds. The molecule has 2 aromatic carbocycles. The zero-order valence-electron chi connectivity index (χ0n) is 21.4. The summed E-state index contributed by atoms with van der Waals surface area (Å²) in [5.74, 6) is -0.156. The number of aromatic nitrogens is 1. The molecule has 3 aromatic rings. The summed E-state index contributed by atoms with van der Waals surface area (Å²) in [6.07, 6.45) is 2.20. The van der Waals surface area contributed by atoms with E-state index in [1.807, 2.05) is 30.3 Å². The van der Waals surface area contributed by atoms with E-state index in [2.05, 4.69) is 15.6 Å². The Bertz CT molecular complexity index is 1290. The van der Waals surface area contributed by atoms with Crippen LogP contribution in [0.5, 0.6) is 0 Å². The second-order valence-corrected chi connectivity index (χ2v) is 10.1. The number of nitrogens with zero attached hydrogens (tertiary/aromatic N) is 2. The lowest BCUT2D eigenvalue weighted by molar-refractivity contribution is -0.140. The molecule has 0 aliphatic carbocycles. The molecule has 0 unspecified atom stereocenters. The molecule has 0 radical (unpaired) electrons. The van der Waals surface area contributed by atoms with Crippen LogP contribution in [0.1, 0.15) is 50.8 Å². The van der Waals surface area contributed by atoms with Crippen LogP contribution in [0.2, 0.25) is 0 Å². The number of carbonyl (C=O) groups is 3. The van der Waals surface area contributed by atoms with Crippen molar-refractivity contribution in [1.29, 1.82) is 0 Å². The Morgan fingerprint density at radius 3 is 2.62 bits per heavy atom. The molecule has 0 bridgehead atoms. The first-order chi connectivity index (χ1) is 17.6. The molecule has 4 N–H and O–H groups in total. The molecule has 2 atom stereocenters. The zero-order chi connectivity index (χ0) is 26.6. The van der Waals surface area contributed by atoms with Gasteiger partial charge in [0.2, 0.25) is 5.91 Å². The van der Waals surface area contributed by atoms with Crippen molar-refractivity contribution >= 4 is 34.5 Å². The summed E-state index contributed by atoms with van der Waals surface area (Å²) < 4.78 is 5.39. The fourth-order valence-corrected chi connectivity index (χ4v) is 4.48. The molecule has 37 heavy (non-hydrogen) atoms. The van der Waals surface area contributed by atoms with Gasteiger partial charge in [0.15, 0.2) is 0 Å². The number of carbonyl (C=O) groups excluding carboxylic acids is 3. The summed E-state index contributed by atoms with van der Waals surface area (Å²) in [6, 6.07) is 15.0. The number of nitrogens with two attached hydrogens (primary N) is 1. The van der Waals surface area contributed by atoms with Gasteiger partial charge in [-0.15, -0.1) is 0 Å². The fourth-order valence-electron chi connectivity index (χ4n) is 4.48. The summed E-state index contributed by atoms with van der Waals surface area (Å²) in [7, 11) is 0. The van der Waals surface area contributed by atoms with E-state index in [0.29, 0.717) is 37.3 Å². The first kappa shape index (κ1) is 25.9. The SMILES string of the molecule is CC(C)(C)OC(=O)N[C@@H](C(=O)N1CCC[C@H]1C(=O)NCc1ccc2ccnc(N)c2c1)c1ccccc1. The maximum Gasteiger partial charge on any atom is 0.408 e. The second-order valence-electron chi connectivity index (χ2n) is 10.1. The number of nitrogen functional groups attached to an aromatic ring is 1. The van der Waals surface area contributed by atoms with Gasteiger partial charge in [0, 0.05) is 24.7 Å². The van der Waals surface area contributed by atoms with Gasteiger partial charge in [-0.1, -0.05) is 42.5 Å². The summed E-state index contributed by atoms with van der Waals surface area (Å²) in [5, 5.41) is 7.46. The molecule has 9 nitrogen and oxygen atoms in total. The minimum Gasteiger partial charge on any atom is -0.444 e. The lowest BCUT2D eigenvalue weighted by Crippen LogP contribution is -2.50. The number of pyridine rings is 1. The lowest BCUT2D eigenvalue weighted by Gasteiger charge is -2.29. The van der Waals surface area contributed by atoms with Crippen LogP contribution in [-0.2, 0) is 20.9 Å². The Morgan fingerprint density at radius 1 is 1.14 bits per heavy atom. The third-order valence-electron chi connectivity index (χ3n) is 6.21. The monoisotopic (exact) mass is 503 g/mol. The van der Waals surface area contributed by atoms with E-state index in [-0.39, 0.29) is 11.8 Å². The molecule has 0 spiro atoms. The van der Waals surface area contributed by atoms with Gasteiger partial charge >= 0.3 is 6.09 Å². The highest BCUT2D eigenvalue weighted by Crippen LogP contribution is 2.25. The van der Waals surface area contributed by atoms with Crippen molar-refractivity contribution in [3.05, 3.63) is 71.9 Å². The van der Waals surface area contributed by atoms with Crippen molar-refractivity contribution in [3.63, 3.8) is 0 Å². The fraction of sp³-hybridized carbons (Fsp3) is 0.357. The number of nitrogens with one attached hydrogen (secondary N) is 2. The zero-order valence-corrected chi connectivity index (χ0v) is 21.4. The van der Waals surface area contributed by atoms with Crippen molar-refractivity contribution < 1.29 is 19.1 Å². The number of hydrogen-bond acceptors (Lipinski definition) is 6. The number of anilines is 1. The predicted molar refractivity (Wildman–Crippen MR) is 141 cm³/mol. The smallest absolute Gasteiger partial charge is 0.408 e. The van der Waals surface area contributed by atoms with E-state index < -0.39 is 23.8 Å². The van der Waals surface area contributed by atoms with E-state index in [1.165, 1.54) is 0 Å². The van der Waals surface area contributed by atoms with E-state index in [4.69, 9.17) is 10.5 Å². The minimum absolute atomic E-state index is 0.241. The Balaban J connectivity index is 1.47. The molecule has 9 heteroatoms. The number of fused-ring (bicyclic) bond motifs is 1. The summed E-state index contributed by atoms with van der Waals surface area (Å²) >= 11 is 0. The largest absolute Gasteiger partial charge is 0.444 e. The Morgan fingerprint density at radius 2 is 1.89 bits per heavy atom. The van der Waals surface area contributed by atoms with E-state index in [0.717, 1.165) is 16.3 Å². The number of rotatable bonds is 6. The standard InChI is InChI=1S/C28H33N5O4/c1-28(2,3)37-27(36)32-23(20-8-5-4-6-9-20)26(35)33-15-7-10-22(33)25(34)31-17-18-11-12-19-13-14-30-24(29)21(19)16-18/h4-6,8-9,11-14,16,22-23H,7,10,15,17H2,1-3H3,(H2,29,30)(H,31,34)(H,32,36)/t22-,23+/m0/s1. The second kappa shape index (κ2) is 10.9. The van der Waals surface area contributed by atoms with Crippen LogP contribution in [0.3, 0.4) is 0 Å². The topological polar surface area (TPSA) is 127 Å². The number of ether oxygens (including phenoxy) is 1. The predicted octanol–water partition coefficient (Wildman–Crippen LogP) is 3.69. The van der Waals surface area contributed by atoms with Gasteiger partial charge in [-0.2, -0.15) is 0 Å². The van der Waals surface area contributed by atoms with E-state index in [1.54, 1.807) is 56.1 Å². The molecule has 194 valence electrons. The molecule has 1 fully saturated rings. The summed E-state index contributed by atoms with van der Waals surface area (Å²) in [5.41, 5.74) is 6.78. The van der Waals surface area contributed by atoms with Crippen molar-refractivity contribution in [2.45, 2.75) is 57.8 Å². The van der Waals surface area contributed by atoms with Crippen molar-refractivity contribution in [1.82, 2.24) is 20.5 Å². The Labute approximate surface area is 216 Å². The van der Waals surface area contributed by atoms with Crippen LogP contribution in [-0.4, -0.2) is 46.0 Å². The number of benzene rings is 2. The highest BCUT2D eigenvalue weighted by Gasteiger charge is 2.38. The summed E-state index contributed by atoms with van der Waals surface area (Å²) in [4.78, 5) is 45.1. The Hall–Kier alpha value is -4.14. The van der Waals surface area contributed by atoms with Crippen LogP contribution in [0.15, 0.2) is 60.8 Å². The first-order valence-corrected chi connectivity index (χ1v) is 12.4. The number of hydrogen-bond donors (Lipinski definition) is 3. The minimum atomic E-state index is -0.972. The first-order valence-electron chi connectivity index (χ1n) is 12.4. The van der Waals surface area contributed by atoms with Gasteiger partial charge in [0.05, 0.1) is 0 Å². The van der Waals surface area contributed by atoms with Gasteiger partial charge in [-0.05, 0) is 62.3 Å². The average molecular weight is 504 g/mol. The molecule has 2 heterocycles. The molecule has 1 aromatic heterocycles. The molecule has 1 saturated heterocycles. The van der Waals surface area contributed by atoms with Crippen LogP contribution >= 0.6 is 0 Å². The van der Waals surface area contributed by atoms with Crippen LogP contribution < -0.4 is 16.4 Å². The maximum absolute atomic E-state index is 13.7. The van der Waals surface area contributed by atoms with Gasteiger partial charge < -0.3 is 26.0 Å². The quantitative estimate of drug-likeness (QED) is 0.471. The van der Waals surface area contributed by atoms with Crippen molar-refractivity contribution in [3.8, 4) is 0 Å². The molecule has 4 rings (SSSR count). The third-order valence-corrected chi connectivity index (χ3v) is 6.21. The molecular weight excluding hydrogens is 470 g/mol. The maximum atomic E-state index is 13.7. The van der Waals surface area contributed by atoms with E-state index >= 15 is 0 Å². The van der Waals surface area contributed by atoms with Crippen LogP contribution in [0.25, 0.3) is 10.8 Å². The summed E-state index contributed by atoms with van der Waals surface area (Å²) in [6.45, 7) is 5.99. The normalized spacial score (nSPS) is 16.3. The third kappa shape index (κ3) is 6.35. The van der Waals surface area contributed by atoms with Crippen molar-refractivity contribution in [2.24, 2.45) is 0 Å². The Kier molecular flexibility index (Phi) is 7.61. The highest BCUT2D eigenvalue weighted by atomic mass is 16.6. The van der Waals surface area contributed by atoms with Crippen LogP contribution in [0, 0.1) is 0 Å². The molecule has 1 aliphatic rings. The molecular formula is C28H33N5O4. The number of alkyl carbamates (subject to hydrolysis) is 1. The van der Waals surface area contributed by atoms with E-state index in [9.17, 15) is 14.4 Å². The average Bonchev–Trinajstić information content (AvgIpc) is 3.35. The number of amides is 3. The molecule has 1 aliphatic heterocycles. The van der Waals surface area contributed by atoms with Crippen LogP contribution in [0.4, 0.5) is 10.6 Å². The van der Waals surface area contributed by atoms with Crippen molar-refractivity contribution in [2.75, 3.05) is 12.3 Å². The van der Waals surface area contributed by atoms with Gasteiger partial charge in [0.25, 0.3) is 5.91 Å². The highest BCUT2D eigenvalue weighted by molar-refractivity contribution is 5.93. The van der Waals surface area contributed by atoms with Gasteiger partial charge in [-0.3, -0.25) is 9.59 Å². The lowest BCUT2D eigenvalue weighted by atomic mass is 10.0. The van der Waals surface area contributed by atoms with Gasteiger partial charge in [0.1, 0.15) is 23.5 Å². The van der Waals surface area contributed by atoms with Gasteiger partial charge in [-0.25, -0.2) is 9.78 Å². The molecule has 0 saturated carbocycles.